The van der Waals surface area contributed by atoms with Gasteiger partial charge in [0.15, 0.2) is 0 Å². The molecule has 2 rings (SSSR count). The summed E-state index contributed by atoms with van der Waals surface area (Å²) in [5.74, 6) is 1.11. The molecule has 0 aliphatic rings. The number of imidazole rings is 1. The zero-order chi connectivity index (χ0) is 9.47. The van der Waals surface area contributed by atoms with Crippen LogP contribution in [-0.2, 0) is 5.41 Å². The number of aromatic nitrogens is 2. The van der Waals surface area contributed by atoms with Crippen molar-refractivity contribution in [2.45, 2.75) is 26.2 Å². The Morgan fingerprint density at radius 2 is 2.00 bits per heavy atom. The molecule has 68 valence electrons. The minimum absolute atomic E-state index is 0.105. The summed E-state index contributed by atoms with van der Waals surface area (Å²) in [6, 6.07) is 6.13. The summed E-state index contributed by atoms with van der Waals surface area (Å²) in [5.41, 5.74) is 1.26. The second-order valence-corrected chi connectivity index (χ2v) is 4.33. The second-order valence-electron chi connectivity index (χ2n) is 4.33. The van der Waals surface area contributed by atoms with Gasteiger partial charge in [-0.3, -0.25) is 0 Å². The third-order valence-corrected chi connectivity index (χ3v) is 2.11. The summed E-state index contributed by atoms with van der Waals surface area (Å²) in [5, 5.41) is 0. The van der Waals surface area contributed by atoms with Gasteiger partial charge < -0.3 is 4.40 Å². The van der Waals surface area contributed by atoms with Crippen LogP contribution in [0.5, 0.6) is 0 Å². The molecule has 2 heteroatoms. The van der Waals surface area contributed by atoms with Gasteiger partial charge >= 0.3 is 0 Å². The van der Waals surface area contributed by atoms with Gasteiger partial charge in [0, 0.05) is 11.6 Å². The van der Waals surface area contributed by atoms with Crippen LogP contribution in [-0.4, -0.2) is 9.38 Å². The van der Waals surface area contributed by atoms with E-state index in [-0.39, 0.29) is 5.41 Å². The van der Waals surface area contributed by atoms with E-state index < -0.39 is 0 Å². The SMILES string of the molecule is CC(C)(C)c1ncc2ccccn12. The van der Waals surface area contributed by atoms with Gasteiger partial charge in [-0.05, 0) is 12.1 Å². The molecule has 0 N–H and O–H groups in total. The first-order chi connectivity index (χ1) is 6.09. The molecule has 0 amide bonds. The highest BCUT2D eigenvalue weighted by Gasteiger charge is 2.18. The fourth-order valence-electron chi connectivity index (χ4n) is 1.50. The van der Waals surface area contributed by atoms with Crippen molar-refractivity contribution in [3.8, 4) is 0 Å². The Hall–Kier alpha value is -1.31. The molecule has 13 heavy (non-hydrogen) atoms. The highest BCUT2D eigenvalue weighted by Crippen LogP contribution is 2.21. The Labute approximate surface area is 78.2 Å². The largest absolute Gasteiger partial charge is 0.303 e. The molecule has 0 bridgehead atoms. The average molecular weight is 174 g/mol. The molecule has 0 aliphatic heterocycles. The first-order valence-corrected chi connectivity index (χ1v) is 4.51. The fraction of sp³-hybridized carbons (Fsp3) is 0.364. The normalized spacial score (nSPS) is 12.2. The summed E-state index contributed by atoms with van der Waals surface area (Å²) in [6.07, 6.45) is 3.98. The van der Waals surface area contributed by atoms with E-state index in [2.05, 4.69) is 42.4 Å². The lowest BCUT2D eigenvalue weighted by Gasteiger charge is -2.16. The molecule has 0 radical (unpaired) electrons. The standard InChI is InChI=1S/C11H14N2/c1-11(2,3)10-12-8-9-6-4-5-7-13(9)10/h4-8H,1-3H3. The van der Waals surface area contributed by atoms with Crippen molar-refractivity contribution in [2.75, 3.05) is 0 Å². The van der Waals surface area contributed by atoms with Gasteiger partial charge in [0.1, 0.15) is 5.82 Å². The van der Waals surface area contributed by atoms with Crippen molar-refractivity contribution in [3.63, 3.8) is 0 Å². The van der Waals surface area contributed by atoms with Crippen LogP contribution in [0.2, 0.25) is 0 Å². The van der Waals surface area contributed by atoms with Crippen molar-refractivity contribution >= 4 is 5.52 Å². The number of hydrogen-bond donors (Lipinski definition) is 0. The second kappa shape index (κ2) is 2.59. The number of pyridine rings is 1. The van der Waals surface area contributed by atoms with E-state index in [1.54, 1.807) is 0 Å². The molecule has 2 nitrogen and oxygen atoms in total. The molecule has 0 fully saturated rings. The monoisotopic (exact) mass is 174 g/mol. The quantitative estimate of drug-likeness (QED) is 0.600. The zero-order valence-electron chi connectivity index (χ0n) is 8.28. The molecule has 2 aromatic heterocycles. The summed E-state index contributed by atoms with van der Waals surface area (Å²) >= 11 is 0. The molecule has 2 heterocycles. The minimum Gasteiger partial charge on any atom is -0.303 e. The third-order valence-electron chi connectivity index (χ3n) is 2.11. The Morgan fingerprint density at radius 1 is 1.23 bits per heavy atom. The summed E-state index contributed by atoms with van der Waals surface area (Å²) in [4.78, 5) is 4.43. The van der Waals surface area contributed by atoms with E-state index in [1.165, 1.54) is 0 Å². The van der Waals surface area contributed by atoms with Gasteiger partial charge in [-0.15, -0.1) is 0 Å². The average Bonchev–Trinajstić information content (AvgIpc) is 2.45. The van der Waals surface area contributed by atoms with Crippen molar-refractivity contribution in [3.05, 3.63) is 36.4 Å². The molecule has 2 aromatic rings. The number of fused-ring (bicyclic) bond motifs is 1. The molecule has 0 aromatic carbocycles. The van der Waals surface area contributed by atoms with Gasteiger partial charge in [-0.1, -0.05) is 26.8 Å². The van der Waals surface area contributed by atoms with Crippen molar-refractivity contribution < 1.29 is 0 Å². The Kier molecular flexibility index (Phi) is 1.65. The van der Waals surface area contributed by atoms with E-state index in [4.69, 9.17) is 0 Å². The van der Waals surface area contributed by atoms with Gasteiger partial charge in [-0.25, -0.2) is 4.98 Å². The first-order valence-electron chi connectivity index (χ1n) is 4.51. The first kappa shape index (κ1) is 8.30. The highest BCUT2D eigenvalue weighted by molar-refractivity contribution is 5.46. The van der Waals surface area contributed by atoms with Crippen LogP contribution >= 0.6 is 0 Å². The molecular weight excluding hydrogens is 160 g/mol. The molecule has 0 saturated carbocycles. The highest BCUT2D eigenvalue weighted by atomic mass is 15.0. The predicted molar refractivity (Wildman–Crippen MR) is 53.9 cm³/mol. The molecule has 0 unspecified atom stereocenters. The zero-order valence-corrected chi connectivity index (χ0v) is 8.28. The lowest BCUT2D eigenvalue weighted by Crippen LogP contribution is -2.15. The molecule has 0 spiro atoms. The van der Waals surface area contributed by atoms with Crippen LogP contribution in [0, 0.1) is 0 Å². The van der Waals surface area contributed by atoms with Gasteiger partial charge in [0.05, 0.1) is 11.7 Å². The summed E-state index contributed by atoms with van der Waals surface area (Å²) in [6.45, 7) is 6.53. The maximum atomic E-state index is 4.43. The van der Waals surface area contributed by atoms with Crippen LogP contribution in [0.1, 0.15) is 26.6 Å². The van der Waals surface area contributed by atoms with Gasteiger partial charge in [0.2, 0.25) is 0 Å². The topological polar surface area (TPSA) is 17.3 Å². The molecule has 0 saturated heterocycles. The summed E-state index contributed by atoms with van der Waals surface area (Å²) < 4.78 is 2.14. The van der Waals surface area contributed by atoms with Crippen molar-refractivity contribution in [1.82, 2.24) is 9.38 Å². The van der Waals surface area contributed by atoms with Crippen molar-refractivity contribution in [2.24, 2.45) is 0 Å². The number of hydrogen-bond acceptors (Lipinski definition) is 1. The van der Waals surface area contributed by atoms with Crippen molar-refractivity contribution in [1.29, 1.82) is 0 Å². The fourth-order valence-corrected chi connectivity index (χ4v) is 1.50. The van der Waals surface area contributed by atoms with E-state index in [0.717, 1.165) is 11.3 Å². The maximum Gasteiger partial charge on any atom is 0.118 e. The third kappa shape index (κ3) is 1.32. The van der Waals surface area contributed by atoms with E-state index >= 15 is 0 Å². The molecule has 0 atom stereocenters. The van der Waals surface area contributed by atoms with E-state index in [9.17, 15) is 0 Å². The van der Waals surface area contributed by atoms with Crippen LogP contribution < -0.4 is 0 Å². The van der Waals surface area contributed by atoms with Crippen LogP contribution in [0.4, 0.5) is 0 Å². The van der Waals surface area contributed by atoms with E-state index in [1.807, 2.05) is 18.3 Å². The van der Waals surface area contributed by atoms with Crippen LogP contribution in [0.25, 0.3) is 5.52 Å². The van der Waals surface area contributed by atoms with Crippen LogP contribution in [0.3, 0.4) is 0 Å². The smallest absolute Gasteiger partial charge is 0.118 e. The lowest BCUT2D eigenvalue weighted by molar-refractivity contribution is 0.543. The minimum atomic E-state index is 0.105. The van der Waals surface area contributed by atoms with Gasteiger partial charge in [0.25, 0.3) is 0 Å². The number of nitrogens with zero attached hydrogens (tertiary/aromatic N) is 2. The van der Waals surface area contributed by atoms with Crippen LogP contribution in [0.15, 0.2) is 30.6 Å². The molecular formula is C11H14N2. The lowest BCUT2D eigenvalue weighted by atomic mass is 9.96. The maximum absolute atomic E-state index is 4.43. The van der Waals surface area contributed by atoms with E-state index in [0.29, 0.717) is 0 Å². The Balaban J connectivity index is 2.72. The predicted octanol–water partition coefficient (Wildman–Crippen LogP) is 2.63. The summed E-state index contributed by atoms with van der Waals surface area (Å²) in [7, 11) is 0. The molecule has 0 aliphatic carbocycles. The van der Waals surface area contributed by atoms with Gasteiger partial charge in [-0.2, -0.15) is 0 Å². The Morgan fingerprint density at radius 3 is 2.69 bits per heavy atom. The number of rotatable bonds is 0. The Bertz CT molecular complexity index is 421.